The maximum Gasteiger partial charge on any atom is 0.115 e. The molecule has 1 aromatic rings. The maximum absolute atomic E-state index is 5.69. The predicted molar refractivity (Wildman–Crippen MR) is 67.8 cm³/mol. The molecule has 94 valence electrons. The number of hydrazine groups is 1. The zero-order chi connectivity index (χ0) is 12.1. The van der Waals surface area contributed by atoms with Gasteiger partial charge in [-0.2, -0.15) is 0 Å². The van der Waals surface area contributed by atoms with E-state index in [9.17, 15) is 0 Å². The molecular weight excluding hydrogens is 212 g/mol. The summed E-state index contributed by atoms with van der Waals surface area (Å²) in [5, 5.41) is 0. The minimum absolute atomic E-state index is 0.177. The molecule has 4 heteroatoms. The Morgan fingerprint density at radius 3 is 2.71 bits per heavy atom. The molecule has 3 N–H and O–H groups in total. The van der Waals surface area contributed by atoms with Gasteiger partial charge in [0.05, 0.1) is 11.7 Å². The summed E-state index contributed by atoms with van der Waals surface area (Å²) in [5.74, 6) is 7.21. The van der Waals surface area contributed by atoms with Crippen molar-refractivity contribution in [2.24, 2.45) is 17.7 Å². The normalized spacial score (nSPS) is 26.7. The summed E-state index contributed by atoms with van der Waals surface area (Å²) in [6.07, 6.45) is 9.83. The highest BCUT2D eigenvalue weighted by Gasteiger charge is 2.27. The number of nitrogens with two attached hydrogens (primary N) is 1. The Kier molecular flexibility index (Phi) is 4.45. The van der Waals surface area contributed by atoms with Gasteiger partial charge < -0.3 is 0 Å². The van der Waals surface area contributed by atoms with Crippen molar-refractivity contribution >= 4 is 0 Å². The molecule has 1 fully saturated rings. The van der Waals surface area contributed by atoms with Gasteiger partial charge in [0.25, 0.3) is 0 Å². The fraction of sp³-hybridized carbons (Fsp3) is 0.692. The van der Waals surface area contributed by atoms with Crippen molar-refractivity contribution in [2.45, 2.75) is 45.1 Å². The van der Waals surface area contributed by atoms with E-state index in [1.807, 2.05) is 6.07 Å². The second-order valence-corrected chi connectivity index (χ2v) is 4.97. The Hall–Kier alpha value is -1.00. The fourth-order valence-electron chi connectivity index (χ4n) is 2.88. The van der Waals surface area contributed by atoms with E-state index in [1.165, 1.54) is 32.1 Å². The van der Waals surface area contributed by atoms with Crippen LogP contribution < -0.4 is 11.3 Å². The molecule has 4 nitrogen and oxygen atoms in total. The zero-order valence-electron chi connectivity index (χ0n) is 10.5. The number of aromatic nitrogens is 2. The molecule has 17 heavy (non-hydrogen) atoms. The average Bonchev–Trinajstić information content (AvgIpc) is 2.42. The zero-order valence-corrected chi connectivity index (χ0v) is 10.5. The van der Waals surface area contributed by atoms with Gasteiger partial charge in [-0.3, -0.25) is 11.3 Å². The van der Waals surface area contributed by atoms with Crippen LogP contribution in [0.2, 0.25) is 0 Å². The van der Waals surface area contributed by atoms with Gasteiger partial charge in [-0.05, 0) is 30.7 Å². The Balaban J connectivity index is 2.00. The van der Waals surface area contributed by atoms with E-state index < -0.39 is 0 Å². The minimum Gasteiger partial charge on any atom is -0.271 e. The van der Waals surface area contributed by atoms with E-state index in [1.54, 1.807) is 12.5 Å². The van der Waals surface area contributed by atoms with Gasteiger partial charge in [0.2, 0.25) is 0 Å². The van der Waals surface area contributed by atoms with Crippen molar-refractivity contribution in [1.82, 2.24) is 15.4 Å². The Bertz CT molecular complexity index is 319. The van der Waals surface area contributed by atoms with Crippen molar-refractivity contribution in [2.75, 3.05) is 0 Å². The van der Waals surface area contributed by atoms with Crippen LogP contribution in [0, 0.1) is 11.8 Å². The van der Waals surface area contributed by atoms with Crippen LogP contribution >= 0.6 is 0 Å². The van der Waals surface area contributed by atoms with Gasteiger partial charge in [0.1, 0.15) is 6.33 Å². The number of rotatable bonds is 4. The molecule has 0 bridgehead atoms. The molecule has 0 saturated heterocycles. The monoisotopic (exact) mass is 234 g/mol. The van der Waals surface area contributed by atoms with Gasteiger partial charge in [-0.1, -0.05) is 26.2 Å². The molecule has 0 aliphatic heterocycles. The Labute approximate surface area is 103 Å². The molecule has 2 rings (SSSR count). The molecule has 1 atom stereocenters. The third-order valence-electron chi connectivity index (χ3n) is 4.04. The highest BCUT2D eigenvalue weighted by molar-refractivity contribution is 5.06. The summed E-state index contributed by atoms with van der Waals surface area (Å²) in [7, 11) is 0. The van der Waals surface area contributed by atoms with Gasteiger partial charge in [0.15, 0.2) is 0 Å². The molecule has 0 radical (unpaired) electrons. The van der Waals surface area contributed by atoms with Crippen LogP contribution in [-0.2, 0) is 0 Å². The van der Waals surface area contributed by atoms with Crippen molar-refractivity contribution < 1.29 is 0 Å². The van der Waals surface area contributed by atoms with Crippen LogP contribution in [0.4, 0.5) is 0 Å². The van der Waals surface area contributed by atoms with Crippen LogP contribution in [0.5, 0.6) is 0 Å². The van der Waals surface area contributed by atoms with Gasteiger partial charge >= 0.3 is 0 Å². The summed E-state index contributed by atoms with van der Waals surface area (Å²) < 4.78 is 0. The van der Waals surface area contributed by atoms with E-state index >= 15 is 0 Å². The van der Waals surface area contributed by atoms with Crippen molar-refractivity contribution in [3.63, 3.8) is 0 Å². The number of nitrogens with zero attached hydrogens (tertiary/aromatic N) is 2. The summed E-state index contributed by atoms with van der Waals surface area (Å²) in [6, 6.07) is 2.13. The molecular formula is C13H22N4. The van der Waals surface area contributed by atoms with Crippen LogP contribution in [0.1, 0.15) is 50.8 Å². The maximum atomic E-state index is 5.69. The Morgan fingerprint density at radius 2 is 2.18 bits per heavy atom. The lowest BCUT2D eigenvalue weighted by Gasteiger charge is -2.32. The first kappa shape index (κ1) is 12.5. The molecule has 0 amide bonds. The summed E-state index contributed by atoms with van der Waals surface area (Å²) in [4.78, 5) is 8.26. The Morgan fingerprint density at radius 1 is 1.41 bits per heavy atom. The molecule has 1 saturated carbocycles. The number of nitrogens with one attached hydrogen (secondary N) is 1. The smallest absolute Gasteiger partial charge is 0.115 e. The van der Waals surface area contributed by atoms with Crippen molar-refractivity contribution in [3.8, 4) is 0 Å². The van der Waals surface area contributed by atoms with Crippen LogP contribution in [0.25, 0.3) is 0 Å². The lowest BCUT2D eigenvalue weighted by Crippen LogP contribution is -2.35. The summed E-state index contributed by atoms with van der Waals surface area (Å²) in [5.41, 5.74) is 3.95. The van der Waals surface area contributed by atoms with E-state index in [0.29, 0.717) is 5.92 Å². The van der Waals surface area contributed by atoms with Crippen molar-refractivity contribution in [1.29, 1.82) is 0 Å². The predicted octanol–water partition coefficient (Wildman–Crippen LogP) is 2.20. The second-order valence-electron chi connectivity index (χ2n) is 4.97. The summed E-state index contributed by atoms with van der Waals surface area (Å²) >= 11 is 0. The van der Waals surface area contributed by atoms with E-state index in [4.69, 9.17) is 5.84 Å². The first-order valence-electron chi connectivity index (χ1n) is 6.57. The minimum atomic E-state index is 0.177. The standard InChI is InChI=1S/C13H22N4/c1-2-10-3-5-11(6-4-10)13(17-14)12-7-8-15-9-16-12/h7-11,13,17H,2-6,14H2,1H3. The van der Waals surface area contributed by atoms with Gasteiger partial charge in [-0.25, -0.2) is 9.97 Å². The van der Waals surface area contributed by atoms with Crippen LogP contribution in [0.15, 0.2) is 18.6 Å². The third kappa shape index (κ3) is 3.01. The molecule has 1 aliphatic carbocycles. The van der Waals surface area contributed by atoms with E-state index in [0.717, 1.165) is 11.6 Å². The van der Waals surface area contributed by atoms with Crippen molar-refractivity contribution in [3.05, 3.63) is 24.3 Å². The fourth-order valence-corrected chi connectivity index (χ4v) is 2.88. The van der Waals surface area contributed by atoms with E-state index in [-0.39, 0.29) is 6.04 Å². The SMILES string of the molecule is CCC1CCC(C(NN)c2ccncn2)CC1. The highest BCUT2D eigenvalue weighted by atomic mass is 15.2. The summed E-state index contributed by atoms with van der Waals surface area (Å²) in [6.45, 7) is 2.29. The largest absolute Gasteiger partial charge is 0.271 e. The first-order chi connectivity index (χ1) is 8.35. The van der Waals surface area contributed by atoms with Crippen LogP contribution in [0.3, 0.4) is 0 Å². The first-order valence-corrected chi connectivity index (χ1v) is 6.57. The quantitative estimate of drug-likeness (QED) is 0.619. The highest BCUT2D eigenvalue weighted by Crippen LogP contribution is 2.36. The topological polar surface area (TPSA) is 63.8 Å². The van der Waals surface area contributed by atoms with E-state index in [2.05, 4.69) is 22.3 Å². The second kappa shape index (κ2) is 6.07. The average molecular weight is 234 g/mol. The molecule has 0 spiro atoms. The van der Waals surface area contributed by atoms with Crippen LogP contribution in [-0.4, -0.2) is 9.97 Å². The number of hydrogen-bond acceptors (Lipinski definition) is 4. The van der Waals surface area contributed by atoms with Gasteiger partial charge in [-0.15, -0.1) is 0 Å². The lowest BCUT2D eigenvalue weighted by molar-refractivity contribution is 0.217. The number of hydrogen-bond donors (Lipinski definition) is 2. The molecule has 1 unspecified atom stereocenters. The third-order valence-corrected chi connectivity index (χ3v) is 4.04. The molecule has 1 aliphatic rings. The van der Waals surface area contributed by atoms with Gasteiger partial charge in [0, 0.05) is 6.20 Å². The lowest BCUT2D eigenvalue weighted by atomic mass is 9.77. The molecule has 1 heterocycles. The molecule has 1 aromatic heterocycles. The molecule has 0 aromatic carbocycles.